The van der Waals surface area contributed by atoms with E-state index in [2.05, 4.69) is 6.58 Å². The maximum Gasteiger partial charge on any atom is 0.159 e. The lowest BCUT2D eigenvalue weighted by atomic mass is 9.94. The normalized spacial score (nSPS) is 24.6. The summed E-state index contributed by atoms with van der Waals surface area (Å²) in [6.45, 7) is 3.54. The van der Waals surface area contributed by atoms with Crippen molar-refractivity contribution in [1.82, 2.24) is 0 Å². The molecule has 1 aliphatic carbocycles. The van der Waals surface area contributed by atoms with Gasteiger partial charge in [-0.1, -0.05) is 6.08 Å². The van der Waals surface area contributed by atoms with Crippen LogP contribution in [0.2, 0.25) is 0 Å². The zero-order chi connectivity index (χ0) is 8.27. The number of rotatable bonds is 2. The lowest BCUT2D eigenvalue weighted by molar-refractivity contribution is -0.116. The number of hydrogen-bond donors (Lipinski definition) is 1. The molecule has 60 valence electrons. The van der Waals surface area contributed by atoms with Crippen LogP contribution in [-0.4, -0.2) is 17.0 Å². The summed E-state index contributed by atoms with van der Waals surface area (Å²) < 4.78 is 0. The van der Waals surface area contributed by atoms with Crippen LogP contribution in [0.3, 0.4) is 0 Å². The van der Waals surface area contributed by atoms with Gasteiger partial charge in [-0.3, -0.25) is 4.79 Å². The Bertz CT molecular complexity index is 204. The Kier molecular flexibility index (Phi) is 2.60. The summed E-state index contributed by atoms with van der Waals surface area (Å²) in [5.74, 6) is 0.148. The second-order valence-electron chi connectivity index (χ2n) is 2.71. The molecule has 0 aromatic heterocycles. The average Bonchev–Trinajstić information content (AvgIpc) is 1.98. The lowest BCUT2D eigenvalue weighted by Gasteiger charge is -2.14. The maximum absolute atomic E-state index is 11.1. The zero-order valence-electron chi connectivity index (χ0n) is 6.42. The first-order valence-corrected chi connectivity index (χ1v) is 3.77. The molecule has 0 saturated heterocycles. The van der Waals surface area contributed by atoms with Crippen LogP contribution in [-0.2, 0) is 4.79 Å². The molecule has 1 unspecified atom stereocenters. The first-order chi connectivity index (χ1) is 5.24. The molecule has 1 rings (SSSR count). The molecule has 0 saturated carbocycles. The molecule has 1 aliphatic rings. The topological polar surface area (TPSA) is 37.3 Å². The Morgan fingerprint density at radius 3 is 3.18 bits per heavy atom. The fraction of sp³-hybridized carbons (Fsp3) is 0.444. The molecule has 1 atom stereocenters. The van der Waals surface area contributed by atoms with Gasteiger partial charge in [0.1, 0.15) is 0 Å². The van der Waals surface area contributed by atoms with E-state index in [4.69, 9.17) is 5.11 Å². The van der Waals surface area contributed by atoms with E-state index >= 15 is 0 Å². The second kappa shape index (κ2) is 3.49. The summed E-state index contributed by atoms with van der Waals surface area (Å²) in [5, 5.41) is 9.16. The lowest BCUT2D eigenvalue weighted by Crippen LogP contribution is -2.16. The van der Waals surface area contributed by atoms with Gasteiger partial charge in [0.25, 0.3) is 0 Å². The number of carbonyl (C=O) groups excluding carboxylic acids is 1. The van der Waals surface area contributed by atoms with Crippen molar-refractivity contribution in [3.63, 3.8) is 0 Å². The highest BCUT2D eigenvalue weighted by molar-refractivity contribution is 5.96. The van der Waals surface area contributed by atoms with Gasteiger partial charge >= 0.3 is 0 Å². The molecule has 2 heteroatoms. The maximum atomic E-state index is 11.1. The van der Waals surface area contributed by atoms with E-state index in [1.807, 2.05) is 0 Å². The van der Waals surface area contributed by atoms with Crippen LogP contribution in [0.1, 0.15) is 19.3 Å². The highest BCUT2D eigenvalue weighted by atomic mass is 16.3. The summed E-state index contributed by atoms with van der Waals surface area (Å²) in [6.07, 6.45) is 4.51. The van der Waals surface area contributed by atoms with E-state index in [1.165, 1.54) is 0 Å². The average molecular weight is 152 g/mol. The summed E-state index contributed by atoms with van der Waals surface area (Å²) in [4.78, 5) is 11.1. The number of carbonyl (C=O) groups is 1. The van der Waals surface area contributed by atoms with E-state index in [9.17, 15) is 4.79 Å². The minimum absolute atomic E-state index is 0.148. The monoisotopic (exact) mass is 152 g/mol. The minimum Gasteiger partial charge on any atom is -0.389 e. The molecule has 2 nitrogen and oxygen atoms in total. The molecular weight excluding hydrogens is 140 g/mol. The number of allylic oxidation sites excluding steroid dienone is 2. The predicted molar refractivity (Wildman–Crippen MR) is 43.1 cm³/mol. The fourth-order valence-electron chi connectivity index (χ4n) is 1.19. The van der Waals surface area contributed by atoms with Crippen molar-refractivity contribution in [2.24, 2.45) is 0 Å². The third-order valence-corrected chi connectivity index (χ3v) is 1.78. The summed E-state index contributed by atoms with van der Waals surface area (Å²) in [5.41, 5.74) is 0.707. The van der Waals surface area contributed by atoms with E-state index in [0.717, 1.165) is 0 Å². The highest BCUT2D eigenvalue weighted by Crippen LogP contribution is 2.17. The Morgan fingerprint density at radius 2 is 2.55 bits per heavy atom. The van der Waals surface area contributed by atoms with Gasteiger partial charge in [0, 0.05) is 6.42 Å². The van der Waals surface area contributed by atoms with Gasteiger partial charge in [0.2, 0.25) is 0 Å². The Balaban J connectivity index is 2.70. The van der Waals surface area contributed by atoms with Gasteiger partial charge in [-0.05, 0) is 24.5 Å². The first-order valence-electron chi connectivity index (χ1n) is 3.77. The molecule has 0 aliphatic heterocycles. The number of hydrogen-bond acceptors (Lipinski definition) is 2. The Hall–Kier alpha value is -0.890. The standard InChI is InChI=1S/C9H12O2/c1-2-3-7-6-8(10)4-5-9(7)11/h2,6,8,10H,1,3-5H2. The summed E-state index contributed by atoms with van der Waals surface area (Å²) in [7, 11) is 0. The zero-order valence-corrected chi connectivity index (χ0v) is 6.42. The molecule has 0 spiro atoms. The molecule has 0 aromatic carbocycles. The van der Waals surface area contributed by atoms with Crippen LogP contribution >= 0.6 is 0 Å². The van der Waals surface area contributed by atoms with E-state index in [-0.39, 0.29) is 5.78 Å². The third-order valence-electron chi connectivity index (χ3n) is 1.78. The highest BCUT2D eigenvalue weighted by Gasteiger charge is 2.16. The van der Waals surface area contributed by atoms with Gasteiger partial charge in [-0.2, -0.15) is 0 Å². The predicted octanol–water partition coefficient (Wildman–Crippen LogP) is 1.21. The van der Waals surface area contributed by atoms with Crippen molar-refractivity contribution in [2.75, 3.05) is 0 Å². The fourth-order valence-corrected chi connectivity index (χ4v) is 1.19. The van der Waals surface area contributed by atoms with Crippen molar-refractivity contribution in [3.8, 4) is 0 Å². The van der Waals surface area contributed by atoms with Crippen molar-refractivity contribution in [3.05, 3.63) is 24.3 Å². The summed E-state index contributed by atoms with van der Waals surface area (Å²) in [6, 6.07) is 0. The summed E-state index contributed by atoms with van der Waals surface area (Å²) >= 11 is 0. The van der Waals surface area contributed by atoms with Crippen molar-refractivity contribution in [2.45, 2.75) is 25.4 Å². The smallest absolute Gasteiger partial charge is 0.159 e. The minimum atomic E-state index is -0.428. The molecule has 0 fully saturated rings. The van der Waals surface area contributed by atoms with Gasteiger partial charge in [-0.25, -0.2) is 0 Å². The van der Waals surface area contributed by atoms with Crippen LogP contribution in [0, 0.1) is 0 Å². The van der Waals surface area contributed by atoms with E-state index in [1.54, 1.807) is 12.2 Å². The van der Waals surface area contributed by atoms with Crippen molar-refractivity contribution < 1.29 is 9.90 Å². The SMILES string of the molecule is C=CCC1=CC(O)CCC1=O. The number of aliphatic hydroxyl groups excluding tert-OH is 1. The van der Waals surface area contributed by atoms with Crippen LogP contribution in [0.4, 0.5) is 0 Å². The molecule has 0 bridgehead atoms. The third kappa shape index (κ3) is 2.02. The molecule has 0 heterocycles. The Labute approximate surface area is 66.2 Å². The van der Waals surface area contributed by atoms with Gasteiger partial charge in [-0.15, -0.1) is 6.58 Å². The number of aliphatic hydroxyl groups is 1. The van der Waals surface area contributed by atoms with Gasteiger partial charge in [0.05, 0.1) is 6.10 Å². The molecule has 0 radical (unpaired) electrons. The van der Waals surface area contributed by atoms with Gasteiger partial charge in [0.15, 0.2) is 5.78 Å². The van der Waals surface area contributed by atoms with Gasteiger partial charge < -0.3 is 5.11 Å². The molecule has 11 heavy (non-hydrogen) atoms. The van der Waals surface area contributed by atoms with Crippen LogP contribution in [0.25, 0.3) is 0 Å². The quantitative estimate of drug-likeness (QED) is 0.604. The van der Waals surface area contributed by atoms with E-state index < -0.39 is 6.10 Å². The molecule has 0 aromatic rings. The number of Topliss-reactive ketones (excluding diaryl/α,β-unsaturated/α-hetero) is 1. The van der Waals surface area contributed by atoms with Crippen LogP contribution in [0.5, 0.6) is 0 Å². The Morgan fingerprint density at radius 1 is 1.82 bits per heavy atom. The molecular formula is C9H12O2. The van der Waals surface area contributed by atoms with Crippen LogP contribution in [0.15, 0.2) is 24.3 Å². The van der Waals surface area contributed by atoms with E-state index in [0.29, 0.717) is 24.8 Å². The first kappa shape index (κ1) is 8.21. The second-order valence-corrected chi connectivity index (χ2v) is 2.71. The van der Waals surface area contributed by atoms with Crippen molar-refractivity contribution in [1.29, 1.82) is 0 Å². The van der Waals surface area contributed by atoms with Crippen LogP contribution < -0.4 is 0 Å². The van der Waals surface area contributed by atoms with Crippen molar-refractivity contribution >= 4 is 5.78 Å². The molecule has 1 N–H and O–H groups in total. The number of ketones is 1. The molecule has 0 amide bonds. The largest absolute Gasteiger partial charge is 0.389 e.